The molecule has 3 aromatic rings. The molecule has 0 saturated heterocycles. The molecule has 0 atom stereocenters. The number of anilines is 2. The molecule has 3 rings (SSSR count). The van der Waals surface area contributed by atoms with Crippen LogP contribution in [0, 0.1) is 12.1 Å². The first kappa shape index (κ1) is 15.9. The van der Waals surface area contributed by atoms with Crippen molar-refractivity contribution < 1.29 is 14.3 Å². The number of aromatic nitrogens is 2. The van der Waals surface area contributed by atoms with E-state index in [4.69, 9.17) is 4.74 Å². The van der Waals surface area contributed by atoms with E-state index < -0.39 is 5.97 Å². The van der Waals surface area contributed by atoms with E-state index in [1.807, 2.05) is 36.6 Å². The van der Waals surface area contributed by atoms with E-state index in [1.54, 1.807) is 0 Å². The molecule has 0 aliphatic heterocycles. The highest BCUT2D eigenvalue weighted by Crippen LogP contribution is 2.21. The summed E-state index contributed by atoms with van der Waals surface area (Å²) in [6.45, 7) is 2.11. The third-order valence-corrected chi connectivity index (χ3v) is 4.05. The molecule has 122 valence electrons. The Balaban J connectivity index is 1.56. The fourth-order valence-corrected chi connectivity index (χ4v) is 2.68. The Kier molecular flexibility index (Phi) is 4.72. The van der Waals surface area contributed by atoms with E-state index in [0.717, 1.165) is 10.8 Å². The van der Waals surface area contributed by atoms with E-state index >= 15 is 0 Å². The van der Waals surface area contributed by atoms with Gasteiger partial charge in [0.2, 0.25) is 0 Å². The van der Waals surface area contributed by atoms with Crippen LogP contribution in [-0.4, -0.2) is 11.0 Å². The van der Waals surface area contributed by atoms with Gasteiger partial charge in [-0.1, -0.05) is 17.7 Å². The minimum Gasteiger partial charge on any atom is -0.619 e. The van der Waals surface area contributed by atoms with Gasteiger partial charge < -0.3 is 15.3 Å². The maximum atomic E-state index is 11.9. The van der Waals surface area contributed by atoms with Gasteiger partial charge in [-0.25, -0.2) is 9.78 Å². The number of pyridine rings is 1. The Morgan fingerprint density at radius 2 is 1.96 bits per heavy atom. The second-order valence-corrected chi connectivity index (χ2v) is 6.02. The average Bonchev–Trinajstić information content (AvgIpc) is 3.03. The molecule has 0 saturated carbocycles. The van der Waals surface area contributed by atoms with Crippen LogP contribution in [0.1, 0.15) is 21.6 Å². The number of benzene rings is 1. The summed E-state index contributed by atoms with van der Waals surface area (Å²) < 4.78 is 5.81. The number of nitrogens with one attached hydrogen (secondary N) is 1. The van der Waals surface area contributed by atoms with Crippen LogP contribution in [0.4, 0.5) is 10.8 Å². The van der Waals surface area contributed by atoms with E-state index in [0.29, 0.717) is 16.0 Å². The van der Waals surface area contributed by atoms with Crippen molar-refractivity contribution in [2.24, 2.45) is 0 Å². The number of carbonyl (C=O) groups excluding carboxylic acids is 1. The Hall–Kier alpha value is -2.93. The summed E-state index contributed by atoms with van der Waals surface area (Å²) >= 11 is 1.44. The lowest BCUT2D eigenvalue weighted by atomic mass is 10.2. The molecule has 0 aliphatic carbocycles. The highest BCUT2D eigenvalue weighted by molar-refractivity contribution is 7.13. The maximum Gasteiger partial charge on any atom is 0.338 e. The van der Waals surface area contributed by atoms with Crippen LogP contribution in [0.2, 0.25) is 0 Å². The zero-order chi connectivity index (χ0) is 16.9. The number of hydrogen-bond acceptors (Lipinski definition) is 6. The Labute approximate surface area is 143 Å². The largest absolute Gasteiger partial charge is 0.619 e. The second kappa shape index (κ2) is 7.10. The van der Waals surface area contributed by atoms with Crippen LogP contribution in [0.3, 0.4) is 0 Å². The summed E-state index contributed by atoms with van der Waals surface area (Å²) in [5.41, 5.74) is 3.14. The van der Waals surface area contributed by atoms with Crippen LogP contribution in [0.5, 0.6) is 0 Å². The van der Waals surface area contributed by atoms with Gasteiger partial charge in [-0.15, -0.1) is 11.3 Å². The molecule has 0 bridgehead atoms. The standard InChI is InChI=1S/C17H15N3O3S/c1-12-2-4-14(5-3-12)18-17-19-15(11-24-17)10-23-16(21)13-6-8-20(22)9-7-13/h2-9,11H,10H2,1H3,(H,18,19). The summed E-state index contributed by atoms with van der Waals surface area (Å²) in [5, 5.41) is 16.7. The smallest absolute Gasteiger partial charge is 0.338 e. The second-order valence-electron chi connectivity index (χ2n) is 5.16. The van der Waals surface area contributed by atoms with Gasteiger partial charge in [0.05, 0.1) is 11.3 Å². The summed E-state index contributed by atoms with van der Waals surface area (Å²) in [5.74, 6) is -0.489. The van der Waals surface area contributed by atoms with Crippen LogP contribution >= 0.6 is 11.3 Å². The molecular formula is C17H15N3O3S. The molecule has 2 heterocycles. The van der Waals surface area contributed by atoms with Crippen molar-refractivity contribution in [3.05, 3.63) is 76.2 Å². The maximum absolute atomic E-state index is 11.9. The van der Waals surface area contributed by atoms with Crippen LogP contribution in [-0.2, 0) is 11.3 Å². The average molecular weight is 341 g/mol. The van der Waals surface area contributed by atoms with E-state index in [-0.39, 0.29) is 6.61 Å². The number of aryl methyl sites for hydroxylation is 1. The first-order chi connectivity index (χ1) is 11.6. The molecule has 0 amide bonds. The first-order valence-corrected chi connectivity index (χ1v) is 8.12. The fraction of sp³-hybridized carbons (Fsp3) is 0.118. The topological polar surface area (TPSA) is 78.2 Å². The zero-order valence-electron chi connectivity index (χ0n) is 12.9. The van der Waals surface area contributed by atoms with E-state index in [9.17, 15) is 10.0 Å². The SMILES string of the molecule is Cc1ccc(Nc2nc(COC(=O)c3cc[n+]([O-])cc3)cs2)cc1. The number of ether oxygens (including phenoxy) is 1. The fourth-order valence-electron chi connectivity index (χ4n) is 1.96. The number of hydrogen-bond donors (Lipinski definition) is 1. The molecule has 0 unspecified atom stereocenters. The third-order valence-electron chi connectivity index (χ3n) is 3.24. The minimum atomic E-state index is -0.489. The van der Waals surface area contributed by atoms with Crippen molar-refractivity contribution in [1.82, 2.24) is 4.98 Å². The lowest BCUT2D eigenvalue weighted by Gasteiger charge is -2.03. The van der Waals surface area contributed by atoms with Crippen molar-refractivity contribution in [2.45, 2.75) is 13.5 Å². The normalized spacial score (nSPS) is 10.4. The van der Waals surface area contributed by atoms with Gasteiger partial charge in [-0.2, -0.15) is 4.73 Å². The van der Waals surface area contributed by atoms with Gasteiger partial charge in [0.1, 0.15) is 6.61 Å². The van der Waals surface area contributed by atoms with Crippen molar-refractivity contribution in [3.63, 3.8) is 0 Å². The predicted octanol–water partition coefficient (Wildman–Crippen LogP) is 3.19. The summed E-state index contributed by atoms with van der Waals surface area (Å²) in [4.78, 5) is 16.3. The van der Waals surface area contributed by atoms with Crippen molar-refractivity contribution in [3.8, 4) is 0 Å². The number of rotatable bonds is 5. The summed E-state index contributed by atoms with van der Waals surface area (Å²) in [6, 6.07) is 10.8. The molecular weight excluding hydrogens is 326 g/mol. The van der Waals surface area contributed by atoms with Gasteiger partial charge >= 0.3 is 5.97 Å². The molecule has 1 aromatic carbocycles. The van der Waals surface area contributed by atoms with Crippen LogP contribution in [0.25, 0.3) is 0 Å². The summed E-state index contributed by atoms with van der Waals surface area (Å²) in [6.07, 6.45) is 2.51. The monoisotopic (exact) mass is 341 g/mol. The number of carbonyl (C=O) groups is 1. The van der Waals surface area contributed by atoms with Gasteiger partial charge in [0.15, 0.2) is 17.5 Å². The minimum absolute atomic E-state index is 0.0805. The molecule has 1 N–H and O–H groups in total. The Bertz CT molecular complexity index is 829. The van der Waals surface area contributed by atoms with Crippen molar-refractivity contribution in [2.75, 3.05) is 5.32 Å². The lowest BCUT2D eigenvalue weighted by Crippen LogP contribution is -2.24. The van der Waals surface area contributed by atoms with Crippen LogP contribution < -0.4 is 10.0 Å². The van der Waals surface area contributed by atoms with E-state index in [2.05, 4.69) is 10.3 Å². The number of nitrogens with zero attached hydrogens (tertiary/aromatic N) is 2. The zero-order valence-corrected chi connectivity index (χ0v) is 13.7. The van der Waals surface area contributed by atoms with Gasteiger partial charge in [-0.3, -0.25) is 0 Å². The van der Waals surface area contributed by atoms with Gasteiger partial charge in [0.25, 0.3) is 0 Å². The molecule has 0 fully saturated rings. The number of thiazole rings is 1. The third kappa shape index (κ3) is 4.08. The molecule has 0 radical (unpaired) electrons. The van der Waals surface area contributed by atoms with Gasteiger partial charge in [-0.05, 0) is 19.1 Å². The molecule has 0 spiro atoms. The number of esters is 1. The summed E-state index contributed by atoms with van der Waals surface area (Å²) in [7, 11) is 0. The quantitative estimate of drug-likeness (QED) is 0.438. The first-order valence-electron chi connectivity index (χ1n) is 7.24. The van der Waals surface area contributed by atoms with Crippen molar-refractivity contribution >= 4 is 28.1 Å². The molecule has 0 aliphatic rings. The Morgan fingerprint density at radius 3 is 2.67 bits per heavy atom. The molecule has 6 nitrogen and oxygen atoms in total. The van der Waals surface area contributed by atoms with Crippen LogP contribution in [0.15, 0.2) is 54.2 Å². The molecule has 2 aromatic heterocycles. The highest BCUT2D eigenvalue weighted by atomic mass is 32.1. The van der Waals surface area contributed by atoms with Crippen molar-refractivity contribution in [1.29, 1.82) is 0 Å². The molecule has 24 heavy (non-hydrogen) atoms. The predicted molar refractivity (Wildman–Crippen MR) is 91.1 cm³/mol. The Morgan fingerprint density at radius 1 is 1.25 bits per heavy atom. The molecule has 7 heteroatoms. The lowest BCUT2D eigenvalue weighted by molar-refractivity contribution is -0.605. The van der Waals surface area contributed by atoms with Gasteiger partial charge in [0, 0.05) is 23.2 Å². The van der Waals surface area contributed by atoms with E-state index in [1.165, 1.54) is 41.4 Å². The highest BCUT2D eigenvalue weighted by Gasteiger charge is 2.10.